The molecule has 1 aromatic carbocycles. The van der Waals surface area contributed by atoms with E-state index in [9.17, 15) is 5.11 Å². The lowest BCUT2D eigenvalue weighted by molar-refractivity contribution is 0.132. The van der Waals surface area contributed by atoms with Crippen LogP contribution in [0.2, 0.25) is 0 Å². The maximum Gasteiger partial charge on any atom is 0.0733 e. The standard InChI is InChI=1S/C12H17Br2NO.ClH/c1-2-3-4-11(16)12(15)9-7-8(13)5-6-10(9)14;/h5-7,11-12,16H,2-4,15H2,1H3;1H/t11-,12+;/m1./s1. The van der Waals surface area contributed by atoms with E-state index in [1.165, 1.54) is 0 Å². The van der Waals surface area contributed by atoms with E-state index in [2.05, 4.69) is 38.8 Å². The van der Waals surface area contributed by atoms with E-state index >= 15 is 0 Å². The lowest BCUT2D eigenvalue weighted by Gasteiger charge is -2.20. The third-order valence-electron chi connectivity index (χ3n) is 2.59. The normalized spacial score (nSPS) is 13.9. The van der Waals surface area contributed by atoms with Crippen LogP contribution in [-0.4, -0.2) is 11.2 Å². The average molecular weight is 388 g/mol. The predicted molar refractivity (Wildman–Crippen MR) is 81.6 cm³/mol. The molecule has 3 N–H and O–H groups in total. The average Bonchev–Trinajstić information content (AvgIpc) is 2.28. The Balaban J connectivity index is 0.00000256. The molecule has 0 amide bonds. The summed E-state index contributed by atoms with van der Waals surface area (Å²) in [5.41, 5.74) is 6.99. The largest absolute Gasteiger partial charge is 0.391 e. The summed E-state index contributed by atoms with van der Waals surface area (Å²) in [5, 5.41) is 9.96. The summed E-state index contributed by atoms with van der Waals surface area (Å²) in [5.74, 6) is 0. The van der Waals surface area contributed by atoms with Crippen LogP contribution in [0.4, 0.5) is 0 Å². The van der Waals surface area contributed by atoms with Crippen molar-refractivity contribution in [3.63, 3.8) is 0 Å². The van der Waals surface area contributed by atoms with E-state index < -0.39 is 6.10 Å². The van der Waals surface area contributed by atoms with Gasteiger partial charge in [0.15, 0.2) is 0 Å². The van der Waals surface area contributed by atoms with Crippen LogP contribution in [0, 0.1) is 0 Å². The van der Waals surface area contributed by atoms with Gasteiger partial charge in [-0.05, 0) is 30.2 Å². The van der Waals surface area contributed by atoms with Crippen LogP contribution in [0.3, 0.4) is 0 Å². The molecule has 2 nitrogen and oxygen atoms in total. The molecular weight excluding hydrogens is 369 g/mol. The lowest BCUT2D eigenvalue weighted by Crippen LogP contribution is -2.26. The first-order valence-corrected chi connectivity index (χ1v) is 7.03. The highest BCUT2D eigenvalue weighted by molar-refractivity contribution is 9.11. The third-order valence-corrected chi connectivity index (χ3v) is 3.80. The Hall–Kier alpha value is 0.390. The highest BCUT2D eigenvalue weighted by atomic mass is 79.9. The van der Waals surface area contributed by atoms with Gasteiger partial charge in [0.25, 0.3) is 0 Å². The van der Waals surface area contributed by atoms with E-state index in [1.54, 1.807) is 0 Å². The zero-order valence-corrected chi connectivity index (χ0v) is 13.7. The molecule has 0 unspecified atom stereocenters. The van der Waals surface area contributed by atoms with E-state index in [1.807, 2.05) is 18.2 Å². The molecule has 98 valence electrons. The van der Waals surface area contributed by atoms with Crippen molar-refractivity contribution in [1.29, 1.82) is 0 Å². The number of unbranched alkanes of at least 4 members (excludes halogenated alkanes) is 1. The molecule has 0 fully saturated rings. The zero-order valence-electron chi connectivity index (χ0n) is 9.70. The number of halogens is 3. The van der Waals surface area contributed by atoms with Crippen LogP contribution < -0.4 is 5.73 Å². The molecule has 2 atom stereocenters. The van der Waals surface area contributed by atoms with Gasteiger partial charge in [0.1, 0.15) is 0 Å². The number of rotatable bonds is 5. The Kier molecular flexibility index (Phi) is 8.68. The fourth-order valence-electron chi connectivity index (χ4n) is 1.57. The molecule has 0 aliphatic heterocycles. The molecule has 0 aliphatic carbocycles. The van der Waals surface area contributed by atoms with Gasteiger partial charge >= 0.3 is 0 Å². The number of hydrogen-bond acceptors (Lipinski definition) is 2. The molecule has 1 rings (SSSR count). The van der Waals surface area contributed by atoms with Gasteiger partial charge in [-0.3, -0.25) is 0 Å². The maximum absolute atomic E-state index is 9.96. The number of nitrogens with two attached hydrogens (primary N) is 1. The minimum atomic E-state index is -0.481. The van der Waals surface area contributed by atoms with Gasteiger partial charge in [0.2, 0.25) is 0 Å². The Morgan fingerprint density at radius 2 is 2.00 bits per heavy atom. The van der Waals surface area contributed by atoms with Gasteiger partial charge in [-0.15, -0.1) is 12.4 Å². The summed E-state index contributed by atoms with van der Waals surface area (Å²) >= 11 is 6.86. The summed E-state index contributed by atoms with van der Waals surface area (Å²) in [7, 11) is 0. The molecule has 0 saturated carbocycles. The van der Waals surface area contributed by atoms with Crippen molar-refractivity contribution < 1.29 is 5.11 Å². The van der Waals surface area contributed by atoms with E-state index in [-0.39, 0.29) is 18.4 Å². The van der Waals surface area contributed by atoms with Crippen molar-refractivity contribution in [1.82, 2.24) is 0 Å². The fourth-order valence-corrected chi connectivity index (χ4v) is 2.46. The van der Waals surface area contributed by atoms with Gasteiger partial charge < -0.3 is 10.8 Å². The summed E-state index contributed by atoms with van der Waals surface area (Å²) < 4.78 is 1.92. The Labute approximate surface area is 126 Å². The SMILES string of the molecule is CCCC[C@@H](O)[C@@H](N)c1cc(Br)ccc1Br.Cl. The smallest absolute Gasteiger partial charge is 0.0733 e. The monoisotopic (exact) mass is 385 g/mol. The maximum atomic E-state index is 9.96. The second kappa shape index (κ2) is 8.48. The lowest BCUT2D eigenvalue weighted by atomic mass is 9.98. The molecule has 1 aromatic rings. The first-order chi connectivity index (χ1) is 7.56. The first kappa shape index (κ1) is 17.4. The van der Waals surface area contributed by atoms with Gasteiger partial charge in [-0.25, -0.2) is 0 Å². The van der Waals surface area contributed by atoms with Crippen LogP contribution in [0.1, 0.15) is 37.8 Å². The van der Waals surface area contributed by atoms with Crippen molar-refractivity contribution >= 4 is 44.3 Å². The van der Waals surface area contributed by atoms with Gasteiger partial charge in [0, 0.05) is 8.95 Å². The highest BCUT2D eigenvalue weighted by Gasteiger charge is 2.18. The zero-order chi connectivity index (χ0) is 12.1. The summed E-state index contributed by atoms with van der Waals surface area (Å²) in [6.07, 6.45) is 2.34. The fraction of sp³-hybridized carbons (Fsp3) is 0.500. The number of aliphatic hydroxyl groups excluding tert-OH is 1. The first-order valence-electron chi connectivity index (χ1n) is 5.44. The van der Waals surface area contributed by atoms with Crippen molar-refractivity contribution in [2.75, 3.05) is 0 Å². The molecule has 0 heterocycles. The van der Waals surface area contributed by atoms with Crippen LogP contribution in [0.15, 0.2) is 27.1 Å². The van der Waals surface area contributed by atoms with Crippen LogP contribution in [0.25, 0.3) is 0 Å². The number of aliphatic hydroxyl groups is 1. The van der Waals surface area contributed by atoms with Crippen molar-refractivity contribution in [3.05, 3.63) is 32.7 Å². The molecular formula is C12H18Br2ClNO. The van der Waals surface area contributed by atoms with E-state index in [0.717, 1.165) is 33.8 Å². The molecule has 17 heavy (non-hydrogen) atoms. The van der Waals surface area contributed by atoms with Crippen molar-refractivity contribution in [2.24, 2.45) is 5.73 Å². The Bertz CT molecular complexity index is 349. The quantitative estimate of drug-likeness (QED) is 0.796. The van der Waals surface area contributed by atoms with Gasteiger partial charge in [0.05, 0.1) is 12.1 Å². The van der Waals surface area contributed by atoms with Crippen LogP contribution in [0.5, 0.6) is 0 Å². The van der Waals surface area contributed by atoms with Gasteiger partial charge in [-0.1, -0.05) is 51.6 Å². The van der Waals surface area contributed by atoms with Crippen molar-refractivity contribution in [3.8, 4) is 0 Å². The second-order valence-electron chi connectivity index (χ2n) is 3.90. The van der Waals surface area contributed by atoms with Gasteiger partial charge in [-0.2, -0.15) is 0 Å². The van der Waals surface area contributed by atoms with Crippen LogP contribution in [-0.2, 0) is 0 Å². The minimum absolute atomic E-state index is 0. The number of benzene rings is 1. The van der Waals surface area contributed by atoms with E-state index in [4.69, 9.17) is 5.73 Å². The molecule has 0 aliphatic rings. The summed E-state index contributed by atoms with van der Waals surface area (Å²) in [6.45, 7) is 2.10. The highest BCUT2D eigenvalue weighted by Crippen LogP contribution is 2.28. The Morgan fingerprint density at radius 3 is 2.59 bits per heavy atom. The molecule has 0 aromatic heterocycles. The molecule has 0 saturated heterocycles. The second-order valence-corrected chi connectivity index (χ2v) is 5.67. The minimum Gasteiger partial charge on any atom is -0.391 e. The molecule has 5 heteroatoms. The molecule has 0 radical (unpaired) electrons. The van der Waals surface area contributed by atoms with Crippen LogP contribution >= 0.6 is 44.3 Å². The third kappa shape index (κ3) is 5.26. The van der Waals surface area contributed by atoms with Crippen molar-refractivity contribution in [2.45, 2.75) is 38.3 Å². The number of hydrogen-bond donors (Lipinski definition) is 2. The van der Waals surface area contributed by atoms with E-state index in [0.29, 0.717) is 0 Å². The summed E-state index contributed by atoms with van der Waals surface area (Å²) in [4.78, 5) is 0. The topological polar surface area (TPSA) is 46.2 Å². The molecule has 0 spiro atoms. The Morgan fingerprint density at radius 1 is 1.35 bits per heavy atom. The summed E-state index contributed by atoms with van der Waals surface area (Å²) in [6, 6.07) is 5.49. The predicted octanol–water partition coefficient (Wildman–Crippen LogP) is 4.18. The molecule has 0 bridgehead atoms.